The molecule has 2 rings (SSSR count). The number of ether oxygens (including phenoxy) is 2. The molecule has 0 aromatic heterocycles. The summed E-state index contributed by atoms with van der Waals surface area (Å²) in [5.41, 5.74) is 1.07. The van der Waals surface area contributed by atoms with Crippen molar-refractivity contribution >= 4 is 17.7 Å². The Balaban J connectivity index is 2.14. The normalized spacial score (nSPS) is 17.6. The van der Waals surface area contributed by atoms with Gasteiger partial charge in [0.15, 0.2) is 0 Å². The maximum Gasteiger partial charge on any atom is 0.223 e. The van der Waals surface area contributed by atoms with E-state index in [4.69, 9.17) is 9.47 Å². The molecule has 1 aliphatic heterocycles. The smallest absolute Gasteiger partial charge is 0.223 e. The molecular formula is C17H25NO3S. The third-order valence-corrected chi connectivity index (χ3v) is 5.13. The standard InChI is InChI=1S/C17H25NO3S/c1-4-5-6-7-16(19)18-8-9-22-17(18)13-10-14(20-2)12-15(11-13)21-3/h10-12,17H,4-9H2,1-3H3/t17-/m1/s1. The Hall–Kier alpha value is -1.36. The molecule has 0 aliphatic carbocycles. The number of nitrogens with zero attached hydrogens (tertiary/aromatic N) is 1. The van der Waals surface area contributed by atoms with Gasteiger partial charge in [-0.15, -0.1) is 11.8 Å². The first-order valence-electron chi connectivity index (χ1n) is 7.83. The highest BCUT2D eigenvalue weighted by atomic mass is 32.2. The molecule has 0 saturated carbocycles. The number of hydrogen-bond donors (Lipinski definition) is 0. The number of hydrogen-bond acceptors (Lipinski definition) is 4. The number of carbonyl (C=O) groups is 1. The van der Waals surface area contributed by atoms with Crippen LogP contribution in [0.15, 0.2) is 18.2 Å². The average Bonchev–Trinajstić information content (AvgIpc) is 3.04. The molecule has 0 radical (unpaired) electrons. The number of methoxy groups -OCH3 is 2. The monoisotopic (exact) mass is 323 g/mol. The Labute approximate surface area is 137 Å². The number of thioether (sulfide) groups is 1. The summed E-state index contributed by atoms with van der Waals surface area (Å²) in [6.07, 6.45) is 3.87. The van der Waals surface area contributed by atoms with E-state index < -0.39 is 0 Å². The number of carbonyl (C=O) groups excluding carboxylic acids is 1. The lowest BCUT2D eigenvalue weighted by molar-refractivity contribution is -0.131. The van der Waals surface area contributed by atoms with Crippen molar-refractivity contribution in [2.24, 2.45) is 0 Å². The first-order valence-corrected chi connectivity index (χ1v) is 8.88. The number of unbranched alkanes of at least 4 members (excludes halogenated alkanes) is 2. The van der Waals surface area contributed by atoms with Crippen molar-refractivity contribution in [1.82, 2.24) is 4.90 Å². The van der Waals surface area contributed by atoms with Crippen LogP contribution in [0.25, 0.3) is 0 Å². The van der Waals surface area contributed by atoms with Crippen molar-refractivity contribution < 1.29 is 14.3 Å². The van der Waals surface area contributed by atoms with Gasteiger partial charge in [-0.05, 0) is 24.1 Å². The van der Waals surface area contributed by atoms with Crippen molar-refractivity contribution in [3.8, 4) is 11.5 Å². The fourth-order valence-corrected chi connectivity index (χ4v) is 3.90. The average molecular weight is 323 g/mol. The van der Waals surface area contributed by atoms with E-state index in [0.717, 1.165) is 48.6 Å². The fraction of sp³-hybridized carbons (Fsp3) is 0.588. The second kappa shape index (κ2) is 8.32. The van der Waals surface area contributed by atoms with Crippen LogP contribution in [0.1, 0.15) is 43.5 Å². The number of rotatable bonds is 7. The van der Waals surface area contributed by atoms with Gasteiger partial charge in [-0.25, -0.2) is 0 Å². The van der Waals surface area contributed by atoms with Crippen LogP contribution in [0.2, 0.25) is 0 Å². The van der Waals surface area contributed by atoms with Crippen molar-refractivity contribution in [2.75, 3.05) is 26.5 Å². The predicted octanol–water partition coefficient (Wildman–Crippen LogP) is 3.86. The summed E-state index contributed by atoms with van der Waals surface area (Å²) in [5.74, 6) is 2.76. The highest BCUT2D eigenvalue weighted by molar-refractivity contribution is 7.99. The lowest BCUT2D eigenvalue weighted by Crippen LogP contribution is -2.30. The van der Waals surface area contributed by atoms with Crippen LogP contribution >= 0.6 is 11.8 Å². The van der Waals surface area contributed by atoms with Crippen LogP contribution in [-0.4, -0.2) is 37.3 Å². The van der Waals surface area contributed by atoms with Crippen molar-refractivity contribution in [2.45, 2.75) is 38.0 Å². The summed E-state index contributed by atoms with van der Waals surface area (Å²) in [5, 5.41) is 0.0677. The maximum absolute atomic E-state index is 12.5. The molecule has 122 valence electrons. The molecule has 5 heteroatoms. The molecular weight excluding hydrogens is 298 g/mol. The Morgan fingerprint density at radius 1 is 1.23 bits per heavy atom. The Morgan fingerprint density at radius 2 is 1.91 bits per heavy atom. The molecule has 0 N–H and O–H groups in total. The van der Waals surface area contributed by atoms with Gasteiger partial charge in [0.1, 0.15) is 16.9 Å². The van der Waals surface area contributed by atoms with E-state index in [2.05, 4.69) is 6.92 Å². The van der Waals surface area contributed by atoms with E-state index in [-0.39, 0.29) is 11.3 Å². The molecule has 0 unspecified atom stereocenters. The quantitative estimate of drug-likeness (QED) is 0.714. The molecule has 0 spiro atoms. The molecule has 4 nitrogen and oxygen atoms in total. The summed E-state index contributed by atoms with van der Waals surface area (Å²) >= 11 is 1.80. The lowest BCUT2D eigenvalue weighted by Gasteiger charge is -2.25. The number of benzene rings is 1. The summed E-state index contributed by atoms with van der Waals surface area (Å²) in [7, 11) is 3.29. The van der Waals surface area contributed by atoms with Gasteiger partial charge in [-0.3, -0.25) is 4.79 Å². The van der Waals surface area contributed by atoms with Gasteiger partial charge in [0.2, 0.25) is 5.91 Å². The van der Waals surface area contributed by atoms with Gasteiger partial charge in [0.05, 0.1) is 14.2 Å². The minimum absolute atomic E-state index is 0.0677. The summed E-state index contributed by atoms with van der Waals surface area (Å²) in [6.45, 7) is 2.97. The van der Waals surface area contributed by atoms with E-state index in [9.17, 15) is 4.79 Å². The highest BCUT2D eigenvalue weighted by Crippen LogP contribution is 2.41. The summed E-state index contributed by atoms with van der Waals surface area (Å²) in [4.78, 5) is 14.5. The summed E-state index contributed by atoms with van der Waals surface area (Å²) < 4.78 is 10.7. The Kier molecular flexibility index (Phi) is 6.43. The van der Waals surface area contributed by atoms with Crippen molar-refractivity contribution in [1.29, 1.82) is 0 Å². The molecule has 22 heavy (non-hydrogen) atoms. The second-order valence-electron chi connectivity index (χ2n) is 5.41. The maximum atomic E-state index is 12.5. The van der Waals surface area contributed by atoms with Crippen LogP contribution in [0.3, 0.4) is 0 Å². The summed E-state index contributed by atoms with van der Waals surface area (Å²) in [6, 6.07) is 5.85. The first-order chi connectivity index (χ1) is 10.7. The molecule has 1 fully saturated rings. The van der Waals surface area contributed by atoms with Crippen LogP contribution in [0.5, 0.6) is 11.5 Å². The van der Waals surface area contributed by atoms with Crippen LogP contribution < -0.4 is 9.47 Å². The molecule has 1 aromatic carbocycles. The van der Waals surface area contributed by atoms with Gasteiger partial charge in [-0.2, -0.15) is 0 Å². The lowest BCUT2D eigenvalue weighted by atomic mass is 10.1. The van der Waals surface area contributed by atoms with Gasteiger partial charge in [0.25, 0.3) is 0 Å². The first kappa shape index (κ1) is 17.0. The zero-order chi connectivity index (χ0) is 15.9. The second-order valence-corrected chi connectivity index (χ2v) is 6.60. The SMILES string of the molecule is CCCCCC(=O)N1CCS[C@@H]1c1cc(OC)cc(OC)c1. The third-order valence-electron chi connectivity index (χ3n) is 3.86. The zero-order valence-electron chi connectivity index (χ0n) is 13.6. The van der Waals surface area contributed by atoms with Crippen LogP contribution in [-0.2, 0) is 4.79 Å². The van der Waals surface area contributed by atoms with E-state index >= 15 is 0 Å². The minimum Gasteiger partial charge on any atom is -0.497 e. The molecule has 1 aromatic rings. The molecule has 1 saturated heterocycles. The fourth-order valence-electron chi connectivity index (χ4n) is 2.64. The van der Waals surface area contributed by atoms with Crippen LogP contribution in [0.4, 0.5) is 0 Å². The largest absolute Gasteiger partial charge is 0.497 e. The minimum atomic E-state index is 0.0677. The molecule has 1 aliphatic rings. The Bertz CT molecular complexity index is 484. The van der Waals surface area contributed by atoms with Gasteiger partial charge < -0.3 is 14.4 Å². The molecule has 1 heterocycles. The van der Waals surface area contributed by atoms with Gasteiger partial charge >= 0.3 is 0 Å². The van der Waals surface area contributed by atoms with E-state index in [0.29, 0.717) is 6.42 Å². The predicted molar refractivity (Wildman–Crippen MR) is 90.6 cm³/mol. The van der Waals surface area contributed by atoms with Crippen molar-refractivity contribution in [3.05, 3.63) is 23.8 Å². The van der Waals surface area contributed by atoms with E-state index in [1.165, 1.54) is 0 Å². The van der Waals surface area contributed by atoms with Crippen LogP contribution in [0, 0.1) is 0 Å². The number of amides is 1. The van der Waals surface area contributed by atoms with E-state index in [1.807, 2.05) is 23.1 Å². The topological polar surface area (TPSA) is 38.8 Å². The zero-order valence-corrected chi connectivity index (χ0v) is 14.4. The van der Waals surface area contributed by atoms with Gasteiger partial charge in [-0.1, -0.05) is 19.8 Å². The van der Waals surface area contributed by atoms with E-state index in [1.54, 1.807) is 26.0 Å². The van der Waals surface area contributed by atoms with Crippen molar-refractivity contribution in [3.63, 3.8) is 0 Å². The molecule has 1 atom stereocenters. The highest BCUT2D eigenvalue weighted by Gasteiger charge is 2.30. The van der Waals surface area contributed by atoms with Gasteiger partial charge in [0, 0.05) is 24.8 Å². The third kappa shape index (κ3) is 4.09. The Morgan fingerprint density at radius 3 is 2.50 bits per heavy atom. The molecule has 0 bridgehead atoms. The molecule has 1 amide bonds.